The lowest BCUT2D eigenvalue weighted by molar-refractivity contribution is -0.139. The first-order valence-electron chi connectivity index (χ1n) is 9.53. The van der Waals surface area contributed by atoms with Crippen LogP contribution in [0.25, 0.3) is 0 Å². The fraction of sp³-hybridized carbons (Fsp3) is 0.368. The molecule has 1 aliphatic rings. The van der Waals surface area contributed by atoms with Crippen LogP contribution in [0.15, 0.2) is 46.8 Å². The minimum atomic E-state index is -2.88. The van der Waals surface area contributed by atoms with Gasteiger partial charge in [-0.2, -0.15) is 0 Å². The summed E-state index contributed by atoms with van der Waals surface area (Å²) < 4.78 is 31.9. The molecule has 1 atom stereocenters. The van der Waals surface area contributed by atoms with Crippen LogP contribution in [0, 0.1) is 0 Å². The van der Waals surface area contributed by atoms with Crippen molar-refractivity contribution in [3.8, 4) is 0 Å². The lowest BCUT2D eigenvalue weighted by Crippen LogP contribution is -2.49. The van der Waals surface area contributed by atoms with Crippen molar-refractivity contribution in [3.05, 3.63) is 53.0 Å². The molecule has 31 heavy (non-hydrogen) atoms. The third kappa shape index (κ3) is 4.63. The molecule has 1 aromatic carbocycles. The van der Waals surface area contributed by atoms with Gasteiger partial charge in [0, 0.05) is 18.0 Å². The first-order valence-corrected chi connectivity index (χ1v) is 10.5. The quantitative estimate of drug-likeness (QED) is 0.359. The Morgan fingerprint density at radius 2 is 2.00 bits per heavy atom. The SMILES string of the molecule is CCOC(=O)C1=C(CSc2nnc(C(F)F)n2N)N(CC)C(=O)NC1c1ccccc1. The summed E-state index contributed by atoms with van der Waals surface area (Å²) >= 11 is 0.993. The highest BCUT2D eigenvalue weighted by atomic mass is 32.2. The Morgan fingerprint density at radius 3 is 2.58 bits per heavy atom. The predicted octanol–water partition coefficient (Wildman–Crippen LogP) is 2.63. The number of nitrogens with zero attached hydrogens (tertiary/aromatic N) is 4. The van der Waals surface area contributed by atoms with Gasteiger partial charge in [0.05, 0.1) is 18.2 Å². The number of ether oxygens (including phenoxy) is 1. The Kier molecular flexibility index (Phi) is 7.10. The van der Waals surface area contributed by atoms with Gasteiger partial charge in [-0.25, -0.2) is 23.0 Å². The van der Waals surface area contributed by atoms with Crippen LogP contribution < -0.4 is 11.2 Å². The monoisotopic (exact) mass is 452 g/mol. The molecule has 3 rings (SSSR count). The van der Waals surface area contributed by atoms with Crippen LogP contribution in [0.3, 0.4) is 0 Å². The van der Waals surface area contributed by atoms with Gasteiger partial charge in [-0.1, -0.05) is 42.1 Å². The molecule has 0 bridgehead atoms. The topological polar surface area (TPSA) is 115 Å². The summed E-state index contributed by atoms with van der Waals surface area (Å²) in [7, 11) is 0. The predicted molar refractivity (Wildman–Crippen MR) is 110 cm³/mol. The zero-order chi connectivity index (χ0) is 22.5. The molecular formula is C19H22F2N6O3S. The maximum Gasteiger partial charge on any atom is 0.338 e. The van der Waals surface area contributed by atoms with E-state index in [9.17, 15) is 18.4 Å². The number of hydrogen-bond acceptors (Lipinski definition) is 7. The average molecular weight is 452 g/mol. The molecule has 0 spiro atoms. The minimum Gasteiger partial charge on any atom is -0.463 e. The van der Waals surface area contributed by atoms with Crippen LogP contribution in [0.2, 0.25) is 0 Å². The average Bonchev–Trinajstić information content (AvgIpc) is 3.13. The van der Waals surface area contributed by atoms with Crippen LogP contribution in [-0.4, -0.2) is 50.7 Å². The van der Waals surface area contributed by atoms with Gasteiger partial charge in [0.2, 0.25) is 11.0 Å². The molecule has 9 nitrogen and oxygen atoms in total. The third-order valence-corrected chi connectivity index (χ3v) is 5.56. The van der Waals surface area contributed by atoms with E-state index in [2.05, 4.69) is 15.5 Å². The Bertz CT molecular complexity index is 982. The normalized spacial score (nSPS) is 16.6. The van der Waals surface area contributed by atoms with Crippen molar-refractivity contribution < 1.29 is 23.1 Å². The number of nitrogens with one attached hydrogen (secondary N) is 1. The molecule has 0 radical (unpaired) electrons. The second-order valence-electron chi connectivity index (χ2n) is 6.42. The molecule has 166 valence electrons. The summed E-state index contributed by atoms with van der Waals surface area (Å²) in [6, 6.07) is 7.90. The number of carbonyl (C=O) groups is 2. The highest BCUT2D eigenvalue weighted by Gasteiger charge is 2.37. The number of alkyl halides is 2. The van der Waals surface area contributed by atoms with Crippen molar-refractivity contribution in [2.75, 3.05) is 24.7 Å². The van der Waals surface area contributed by atoms with E-state index in [-0.39, 0.29) is 35.7 Å². The fourth-order valence-electron chi connectivity index (χ4n) is 3.21. The number of carbonyl (C=O) groups excluding carboxylic acids is 2. The van der Waals surface area contributed by atoms with Crippen LogP contribution in [0.1, 0.15) is 37.7 Å². The Labute approximate surface area is 181 Å². The smallest absolute Gasteiger partial charge is 0.338 e. The molecule has 1 unspecified atom stereocenters. The summed E-state index contributed by atoms with van der Waals surface area (Å²) in [5.41, 5.74) is 1.36. The van der Waals surface area contributed by atoms with E-state index >= 15 is 0 Å². The molecule has 2 aromatic rings. The highest BCUT2D eigenvalue weighted by Crippen LogP contribution is 2.34. The number of halogens is 2. The van der Waals surface area contributed by atoms with E-state index in [1.807, 2.05) is 6.07 Å². The van der Waals surface area contributed by atoms with Gasteiger partial charge >= 0.3 is 12.0 Å². The molecule has 0 saturated carbocycles. The summed E-state index contributed by atoms with van der Waals surface area (Å²) in [4.78, 5) is 27.1. The molecule has 12 heteroatoms. The lowest BCUT2D eigenvalue weighted by Gasteiger charge is -2.36. The van der Waals surface area contributed by atoms with E-state index in [1.165, 1.54) is 4.90 Å². The van der Waals surface area contributed by atoms with Gasteiger partial charge in [0.1, 0.15) is 0 Å². The zero-order valence-electron chi connectivity index (χ0n) is 16.9. The van der Waals surface area contributed by atoms with Crippen LogP contribution in [0.4, 0.5) is 13.6 Å². The maximum atomic E-state index is 13.0. The number of urea groups is 1. The number of hydrogen-bond donors (Lipinski definition) is 2. The molecule has 2 heterocycles. The van der Waals surface area contributed by atoms with Crippen LogP contribution in [-0.2, 0) is 9.53 Å². The molecule has 0 fully saturated rings. The Hall–Kier alpha value is -3.15. The van der Waals surface area contributed by atoms with Crippen LogP contribution in [0.5, 0.6) is 0 Å². The number of amides is 2. The van der Waals surface area contributed by atoms with E-state index in [1.54, 1.807) is 38.1 Å². The number of rotatable bonds is 8. The first-order chi connectivity index (χ1) is 14.9. The number of thioether (sulfide) groups is 1. The van der Waals surface area contributed by atoms with Crippen molar-refractivity contribution in [2.45, 2.75) is 31.5 Å². The van der Waals surface area contributed by atoms with E-state index < -0.39 is 24.3 Å². The molecule has 3 N–H and O–H groups in total. The van der Waals surface area contributed by atoms with Gasteiger partial charge < -0.3 is 15.9 Å². The molecule has 0 saturated heterocycles. The standard InChI is InChI=1S/C19H22F2N6O3S/c1-3-26-12(10-31-19-25-24-16(15(20)21)27(19)22)13(17(28)30-4-2)14(23-18(26)29)11-8-6-5-7-9-11/h5-9,14-15H,3-4,10,22H2,1-2H3,(H,23,29). The first kappa shape index (κ1) is 22.5. The summed E-state index contributed by atoms with van der Waals surface area (Å²) in [5.74, 6) is 4.49. The van der Waals surface area contributed by atoms with Gasteiger partial charge in [-0.05, 0) is 19.4 Å². The minimum absolute atomic E-state index is 0.0318. The zero-order valence-corrected chi connectivity index (χ0v) is 17.7. The second kappa shape index (κ2) is 9.77. The van der Waals surface area contributed by atoms with E-state index in [0.717, 1.165) is 11.8 Å². The molecule has 1 aromatic heterocycles. The van der Waals surface area contributed by atoms with Crippen molar-refractivity contribution in [1.29, 1.82) is 0 Å². The lowest BCUT2D eigenvalue weighted by atomic mass is 9.95. The number of aromatic nitrogens is 3. The van der Waals surface area contributed by atoms with Gasteiger partial charge in [-0.15, -0.1) is 10.2 Å². The maximum absolute atomic E-state index is 13.0. The fourth-order valence-corrected chi connectivity index (χ4v) is 4.12. The number of nitrogen functional groups attached to an aromatic ring is 1. The van der Waals surface area contributed by atoms with Gasteiger partial charge in [0.25, 0.3) is 6.43 Å². The highest BCUT2D eigenvalue weighted by molar-refractivity contribution is 7.99. The molecular weight excluding hydrogens is 430 g/mol. The number of nitrogens with two attached hydrogens (primary N) is 1. The van der Waals surface area contributed by atoms with Gasteiger partial charge in [-0.3, -0.25) is 4.90 Å². The second-order valence-corrected chi connectivity index (χ2v) is 7.36. The van der Waals surface area contributed by atoms with Crippen molar-refractivity contribution >= 4 is 23.8 Å². The summed E-state index contributed by atoms with van der Waals surface area (Å²) in [6.07, 6.45) is -2.88. The van der Waals surface area contributed by atoms with E-state index in [0.29, 0.717) is 15.9 Å². The van der Waals surface area contributed by atoms with Crippen LogP contribution >= 0.6 is 11.8 Å². The summed E-state index contributed by atoms with van der Waals surface area (Å²) in [5, 5.41) is 9.96. The molecule has 2 amide bonds. The van der Waals surface area contributed by atoms with Crippen molar-refractivity contribution in [1.82, 2.24) is 25.1 Å². The van der Waals surface area contributed by atoms with Crippen molar-refractivity contribution in [3.63, 3.8) is 0 Å². The number of benzene rings is 1. The third-order valence-electron chi connectivity index (χ3n) is 4.61. The molecule has 0 aliphatic carbocycles. The number of esters is 1. The Morgan fingerprint density at radius 1 is 1.29 bits per heavy atom. The van der Waals surface area contributed by atoms with E-state index in [4.69, 9.17) is 10.6 Å². The van der Waals surface area contributed by atoms with Gasteiger partial charge in [0.15, 0.2) is 0 Å². The summed E-state index contributed by atoms with van der Waals surface area (Å²) in [6.45, 7) is 3.88. The Balaban J connectivity index is 2.04. The van der Waals surface area contributed by atoms with Crippen molar-refractivity contribution in [2.24, 2.45) is 0 Å². The largest absolute Gasteiger partial charge is 0.463 e. The molecule has 1 aliphatic heterocycles.